The highest BCUT2D eigenvalue weighted by Gasteiger charge is 2.35. The standard InChI is InChI=1S/C10H22Cl2N2.2ClH/c1-13(5-3-11)7-9-14(2,6-4-12)10-8-13;;/h3-10H2,1-2H3;2*1H/q+2;;/p-2. The van der Waals surface area contributed by atoms with Gasteiger partial charge in [-0.3, -0.25) is 0 Å². The molecule has 0 unspecified atom stereocenters. The Kier molecular flexibility index (Phi) is 9.99. The van der Waals surface area contributed by atoms with Crippen molar-refractivity contribution in [2.24, 2.45) is 0 Å². The third-order valence-electron chi connectivity index (χ3n) is 3.61. The second kappa shape index (κ2) is 8.23. The predicted octanol–water partition coefficient (Wildman–Crippen LogP) is -4.62. The highest BCUT2D eigenvalue weighted by atomic mass is 35.5. The van der Waals surface area contributed by atoms with Crippen molar-refractivity contribution in [2.75, 3.05) is 65.1 Å². The predicted molar refractivity (Wildman–Crippen MR) is 63.0 cm³/mol. The Hall–Kier alpha value is 1.08. The number of hydrogen-bond acceptors (Lipinski definition) is 0. The van der Waals surface area contributed by atoms with Gasteiger partial charge in [-0.25, -0.2) is 0 Å². The molecule has 0 aliphatic carbocycles. The maximum Gasteiger partial charge on any atom is 0.128 e. The zero-order valence-corrected chi connectivity index (χ0v) is 13.1. The summed E-state index contributed by atoms with van der Waals surface area (Å²) in [4.78, 5) is 0. The Morgan fingerprint density at radius 3 is 1.19 bits per heavy atom. The van der Waals surface area contributed by atoms with Gasteiger partial charge in [-0.15, -0.1) is 23.2 Å². The van der Waals surface area contributed by atoms with Crippen molar-refractivity contribution < 1.29 is 33.8 Å². The first-order chi connectivity index (χ1) is 6.54. The minimum Gasteiger partial charge on any atom is -1.00 e. The first-order valence-electron chi connectivity index (χ1n) is 5.33. The summed E-state index contributed by atoms with van der Waals surface area (Å²) in [6.45, 7) is 7.14. The summed E-state index contributed by atoms with van der Waals surface area (Å²) in [7, 11) is 4.62. The first kappa shape index (κ1) is 19.4. The molecule has 0 radical (unpaired) electrons. The molecule has 1 saturated heterocycles. The van der Waals surface area contributed by atoms with Crippen molar-refractivity contribution in [1.82, 2.24) is 0 Å². The summed E-state index contributed by atoms with van der Waals surface area (Å²) in [6.07, 6.45) is 0. The lowest BCUT2D eigenvalue weighted by Gasteiger charge is -2.45. The molecule has 1 rings (SSSR count). The van der Waals surface area contributed by atoms with Gasteiger partial charge >= 0.3 is 0 Å². The first-order valence-corrected chi connectivity index (χ1v) is 6.40. The van der Waals surface area contributed by atoms with Crippen molar-refractivity contribution >= 4 is 23.2 Å². The van der Waals surface area contributed by atoms with E-state index < -0.39 is 0 Å². The lowest BCUT2D eigenvalue weighted by atomic mass is 10.2. The number of hydrogen-bond donors (Lipinski definition) is 0. The van der Waals surface area contributed by atoms with Crippen LogP contribution in [0.2, 0.25) is 0 Å². The Bertz CT molecular complexity index is 162. The molecule has 0 aromatic rings. The Labute approximate surface area is 122 Å². The molecule has 0 bridgehead atoms. The fourth-order valence-electron chi connectivity index (χ4n) is 2.04. The number of alkyl halides is 2. The molecule has 1 heterocycles. The van der Waals surface area contributed by atoms with E-state index in [1.165, 1.54) is 26.2 Å². The van der Waals surface area contributed by atoms with Gasteiger partial charge in [0.05, 0.1) is 38.9 Å². The average Bonchev–Trinajstić information content (AvgIpc) is 2.13. The molecule has 16 heavy (non-hydrogen) atoms. The molecule has 0 amide bonds. The molecule has 1 aliphatic rings. The van der Waals surface area contributed by atoms with Gasteiger partial charge in [-0.1, -0.05) is 0 Å². The largest absolute Gasteiger partial charge is 1.00 e. The van der Waals surface area contributed by atoms with E-state index in [0.717, 1.165) is 33.8 Å². The molecule has 0 aromatic carbocycles. The summed E-state index contributed by atoms with van der Waals surface area (Å²) < 4.78 is 2.28. The van der Waals surface area contributed by atoms with Crippen LogP contribution in [0, 0.1) is 0 Å². The van der Waals surface area contributed by atoms with Crippen LogP contribution in [0.4, 0.5) is 0 Å². The summed E-state index contributed by atoms with van der Waals surface area (Å²) in [5, 5.41) is 0. The van der Waals surface area contributed by atoms with Gasteiger partial charge in [0.15, 0.2) is 0 Å². The van der Waals surface area contributed by atoms with Gasteiger partial charge < -0.3 is 33.8 Å². The molecule has 100 valence electrons. The third kappa shape index (κ3) is 5.61. The lowest BCUT2D eigenvalue weighted by Crippen LogP contribution is -3.00. The van der Waals surface area contributed by atoms with E-state index in [1.807, 2.05) is 0 Å². The molecule has 1 fully saturated rings. The van der Waals surface area contributed by atoms with Gasteiger partial charge in [0, 0.05) is 0 Å². The molecule has 0 aromatic heterocycles. The molecule has 0 spiro atoms. The monoisotopic (exact) mass is 310 g/mol. The molecule has 0 atom stereocenters. The molecular formula is C10H22Cl4N2. The summed E-state index contributed by atoms with van der Waals surface area (Å²) in [5.74, 6) is 1.55. The maximum absolute atomic E-state index is 5.81. The van der Waals surface area contributed by atoms with Gasteiger partial charge in [0.1, 0.15) is 26.2 Å². The van der Waals surface area contributed by atoms with Gasteiger partial charge in [0.25, 0.3) is 0 Å². The molecule has 0 N–H and O–H groups in total. The van der Waals surface area contributed by atoms with Gasteiger partial charge in [-0.05, 0) is 0 Å². The highest BCUT2D eigenvalue weighted by Crippen LogP contribution is 2.15. The minimum absolute atomic E-state index is 0. The normalized spacial score (nSPS) is 33.8. The zero-order chi connectivity index (χ0) is 10.7. The van der Waals surface area contributed by atoms with Crippen LogP contribution in [-0.2, 0) is 0 Å². The second-order valence-corrected chi connectivity index (χ2v) is 5.71. The molecule has 2 nitrogen and oxygen atoms in total. The number of piperazine rings is 1. The van der Waals surface area contributed by atoms with E-state index >= 15 is 0 Å². The number of likely N-dealkylation sites (N-methyl/N-ethyl adjacent to an activating group) is 2. The zero-order valence-electron chi connectivity index (χ0n) is 10.1. The van der Waals surface area contributed by atoms with Crippen LogP contribution in [0.25, 0.3) is 0 Å². The van der Waals surface area contributed by atoms with Crippen molar-refractivity contribution in [1.29, 1.82) is 0 Å². The molecule has 0 saturated carbocycles. The smallest absolute Gasteiger partial charge is 0.128 e. The van der Waals surface area contributed by atoms with E-state index in [1.54, 1.807) is 0 Å². The van der Waals surface area contributed by atoms with Crippen LogP contribution in [0.1, 0.15) is 0 Å². The van der Waals surface area contributed by atoms with Crippen LogP contribution >= 0.6 is 23.2 Å². The van der Waals surface area contributed by atoms with Gasteiger partial charge in [-0.2, -0.15) is 0 Å². The van der Waals surface area contributed by atoms with Crippen LogP contribution in [0.5, 0.6) is 0 Å². The van der Waals surface area contributed by atoms with E-state index in [9.17, 15) is 0 Å². The fourth-order valence-corrected chi connectivity index (χ4v) is 2.86. The van der Waals surface area contributed by atoms with Crippen LogP contribution in [0.15, 0.2) is 0 Å². The maximum atomic E-state index is 5.81. The van der Waals surface area contributed by atoms with E-state index in [2.05, 4.69) is 14.1 Å². The fraction of sp³-hybridized carbons (Fsp3) is 1.00. The van der Waals surface area contributed by atoms with Crippen LogP contribution in [0.3, 0.4) is 0 Å². The Morgan fingerprint density at radius 1 is 0.750 bits per heavy atom. The van der Waals surface area contributed by atoms with E-state index in [-0.39, 0.29) is 24.8 Å². The average molecular weight is 312 g/mol. The van der Waals surface area contributed by atoms with Crippen molar-refractivity contribution in [3.8, 4) is 0 Å². The van der Waals surface area contributed by atoms with Gasteiger partial charge in [0.2, 0.25) is 0 Å². The van der Waals surface area contributed by atoms with Crippen molar-refractivity contribution in [3.63, 3.8) is 0 Å². The second-order valence-electron chi connectivity index (χ2n) is 4.96. The summed E-state index contributed by atoms with van der Waals surface area (Å²) >= 11 is 11.6. The van der Waals surface area contributed by atoms with E-state index in [0.29, 0.717) is 0 Å². The number of nitrogens with zero attached hydrogens (tertiary/aromatic N) is 2. The summed E-state index contributed by atoms with van der Waals surface area (Å²) in [5.41, 5.74) is 0. The third-order valence-corrected chi connectivity index (χ3v) is 3.95. The Balaban J connectivity index is 0. The number of quaternary nitrogens is 2. The molecule has 1 aliphatic heterocycles. The lowest BCUT2D eigenvalue weighted by molar-refractivity contribution is -1.01. The van der Waals surface area contributed by atoms with Crippen LogP contribution in [-0.4, -0.2) is 74.1 Å². The van der Waals surface area contributed by atoms with E-state index in [4.69, 9.17) is 23.2 Å². The number of rotatable bonds is 4. The summed E-state index contributed by atoms with van der Waals surface area (Å²) in [6, 6.07) is 0. The minimum atomic E-state index is 0. The topological polar surface area (TPSA) is 0 Å². The van der Waals surface area contributed by atoms with Crippen molar-refractivity contribution in [2.45, 2.75) is 0 Å². The SMILES string of the molecule is C[N+]1(CCCl)CC[N+](C)(CCCl)CC1.[Cl-].[Cl-]. The quantitative estimate of drug-likeness (QED) is 0.362. The number of halogens is 4. The van der Waals surface area contributed by atoms with Crippen molar-refractivity contribution in [3.05, 3.63) is 0 Å². The molecule has 6 heteroatoms. The Morgan fingerprint density at radius 2 is 1.00 bits per heavy atom. The van der Waals surface area contributed by atoms with Crippen LogP contribution < -0.4 is 24.8 Å². The highest BCUT2D eigenvalue weighted by molar-refractivity contribution is 6.18. The molecular weight excluding hydrogens is 290 g/mol.